The first-order valence-corrected chi connectivity index (χ1v) is 8.99. The number of rotatable bonds is 6. The molecule has 25 heavy (non-hydrogen) atoms. The van der Waals surface area contributed by atoms with Gasteiger partial charge in [-0.05, 0) is 6.07 Å². The Kier molecular flexibility index (Phi) is 4.91. The summed E-state index contributed by atoms with van der Waals surface area (Å²) >= 11 is 0. The van der Waals surface area contributed by atoms with Gasteiger partial charge in [-0.25, -0.2) is 26.9 Å². The molecule has 0 saturated carbocycles. The molecule has 0 saturated heterocycles. The summed E-state index contributed by atoms with van der Waals surface area (Å²) < 4.78 is 58.3. The molecule has 0 atom stereocenters. The summed E-state index contributed by atoms with van der Waals surface area (Å²) in [4.78, 5) is 4.01. The Morgan fingerprint density at radius 1 is 1.08 bits per heavy atom. The molecule has 8 heteroatoms. The lowest BCUT2D eigenvalue weighted by molar-refractivity contribution is 0.494. The lowest BCUT2D eigenvalue weighted by Crippen LogP contribution is -2.25. The van der Waals surface area contributed by atoms with Crippen LogP contribution < -0.4 is 4.72 Å². The normalized spacial score (nSPS) is 11.6. The molecule has 1 heterocycles. The zero-order valence-electron chi connectivity index (χ0n) is 12.9. The van der Waals surface area contributed by atoms with Gasteiger partial charge in [-0.3, -0.25) is 0 Å². The number of benzene rings is 2. The van der Waals surface area contributed by atoms with E-state index in [1.54, 1.807) is 0 Å². The number of aromatic nitrogens is 1. The fourth-order valence-electron chi connectivity index (χ4n) is 2.19. The lowest BCUT2D eigenvalue weighted by Gasteiger charge is -2.06. The molecule has 2 aromatic carbocycles. The number of oxazole rings is 1. The van der Waals surface area contributed by atoms with Gasteiger partial charge in [0.2, 0.25) is 15.9 Å². The van der Waals surface area contributed by atoms with Crippen LogP contribution in [0, 0.1) is 11.6 Å². The highest BCUT2D eigenvalue weighted by Crippen LogP contribution is 2.20. The molecule has 1 N–H and O–H groups in total. The Bertz CT molecular complexity index is 973. The number of nitrogens with one attached hydrogen (secondary N) is 1. The number of sulfonamides is 1. The van der Waals surface area contributed by atoms with E-state index in [-0.39, 0.29) is 18.0 Å². The Balaban J connectivity index is 1.65. The Hall–Kier alpha value is -2.58. The maximum Gasteiger partial charge on any atom is 0.216 e. The van der Waals surface area contributed by atoms with E-state index >= 15 is 0 Å². The number of hydrogen-bond acceptors (Lipinski definition) is 4. The van der Waals surface area contributed by atoms with E-state index < -0.39 is 27.4 Å². The number of halogens is 2. The van der Waals surface area contributed by atoms with Crippen molar-refractivity contribution in [2.75, 3.05) is 0 Å². The van der Waals surface area contributed by atoms with Crippen molar-refractivity contribution in [2.45, 2.75) is 12.3 Å². The fraction of sp³-hybridized carbons (Fsp3) is 0.118. The third-order valence-corrected chi connectivity index (χ3v) is 4.69. The third-order valence-electron chi connectivity index (χ3n) is 3.42. The van der Waals surface area contributed by atoms with E-state index in [0.717, 1.165) is 17.7 Å². The first-order valence-electron chi connectivity index (χ1n) is 7.34. The molecule has 0 aliphatic rings. The van der Waals surface area contributed by atoms with Gasteiger partial charge in [0.1, 0.15) is 11.6 Å². The van der Waals surface area contributed by atoms with Crippen molar-refractivity contribution in [1.82, 2.24) is 9.71 Å². The van der Waals surface area contributed by atoms with Crippen molar-refractivity contribution < 1.29 is 21.6 Å². The van der Waals surface area contributed by atoms with Crippen LogP contribution in [0.5, 0.6) is 0 Å². The zero-order valence-corrected chi connectivity index (χ0v) is 13.8. The Morgan fingerprint density at radius 2 is 1.84 bits per heavy atom. The smallest absolute Gasteiger partial charge is 0.216 e. The molecule has 1 aromatic heterocycles. The van der Waals surface area contributed by atoms with Crippen LogP contribution >= 0.6 is 0 Å². The van der Waals surface area contributed by atoms with Gasteiger partial charge >= 0.3 is 0 Å². The molecule has 0 fully saturated rings. The minimum atomic E-state index is -3.84. The predicted octanol–water partition coefficient (Wildman–Crippen LogP) is 3.24. The molecule has 0 aliphatic carbocycles. The van der Waals surface area contributed by atoms with Gasteiger partial charge < -0.3 is 4.42 Å². The molecule has 0 aliphatic heterocycles. The molecule has 0 spiro atoms. The number of nitrogens with zero attached hydrogens (tertiary/aromatic N) is 1. The highest BCUT2D eigenvalue weighted by molar-refractivity contribution is 7.88. The van der Waals surface area contributed by atoms with Gasteiger partial charge in [-0.2, -0.15) is 0 Å². The van der Waals surface area contributed by atoms with Crippen LogP contribution in [0.15, 0.2) is 59.1 Å². The van der Waals surface area contributed by atoms with Crippen molar-refractivity contribution >= 4 is 10.0 Å². The van der Waals surface area contributed by atoms with Crippen molar-refractivity contribution in [1.29, 1.82) is 0 Å². The maximum absolute atomic E-state index is 13.6. The molecule has 0 amide bonds. The third kappa shape index (κ3) is 4.49. The molecule has 3 rings (SSSR count). The van der Waals surface area contributed by atoms with Gasteiger partial charge in [-0.1, -0.05) is 36.4 Å². The van der Waals surface area contributed by atoms with Crippen LogP contribution in [0.4, 0.5) is 8.78 Å². The van der Waals surface area contributed by atoms with Gasteiger partial charge in [0.15, 0.2) is 5.76 Å². The van der Waals surface area contributed by atoms with E-state index in [9.17, 15) is 17.2 Å². The second-order valence-electron chi connectivity index (χ2n) is 5.30. The van der Waals surface area contributed by atoms with Crippen LogP contribution in [0.25, 0.3) is 11.3 Å². The zero-order chi connectivity index (χ0) is 17.9. The summed E-state index contributed by atoms with van der Waals surface area (Å²) in [6.45, 7) is -0.169. The average molecular weight is 364 g/mol. The maximum atomic E-state index is 13.6. The molecule has 5 nitrogen and oxygen atoms in total. The van der Waals surface area contributed by atoms with Crippen molar-refractivity contribution in [3.63, 3.8) is 0 Å². The van der Waals surface area contributed by atoms with Crippen LogP contribution in [-0.4, -0.2) is 13.4 Å². The summed E-state index contributed by atoms with van der Waals surface area (Å²) in [5.41, 5.74) is 0.698. The Labute approximate surface area is 143 Å². The van der Waals surface area contributed by atoms with E-state index in [1.165, 1.54) is 6.20 Å². The molecular formula is C17H14F2N2O3S. The van der Waals surface area contributed by atoms with Crippen molar-refractivity contribution in [3.05, 3.63) is 77.8 Å². The quantitative estimate of drug-likeness (QED) is 0.729. The molecule has 3 aromatic rings. The summed E-state index contributed by atoms with van der Waals surface area (Å²) in [6.07, 6.45) is 1.50. The minimum Gasteiger partial charge on any atom is -0.439 e. The summed E-state index contributed by atoms with van der Waals surface area (Å²) in [6, 6.07) is 12.0. The summed E-state index contributed by atoms with van der Waals surface area (Å²) in [5, 5.41) is 0. The van der Waals surface area contributed by atoms with Crippen molar-refractivity contribution in [3.8, 4) is 11.3 Å². The molecule has 0 radical (unpaired) electrons. The van der Waals surface area contributed by atoms with Crippen LogP contribution in [0.3, 0.4) is 0 Å². The largest absolute Gasteiger partial charge is 0.439 e. The van der Waals surface area contributed by atoms with Gasteiger partial charge in [0, 0.05) is 17.2 Å². The lowest BCUT2D eigenvalue weighted by atomic mass is 10.2. The number of hydrogen-bond donors (Lipinski definition) is 1. The second kappa shape index (κ2) is 7.12. The van der Waals surface area contributed by atoms with Gasteiger partial charge in [0.25, 0.3) is 0 Å². The Morgan fingerprint density at radius 3 is 2.56 bits per heavy atom. The average Bonchev–Trinajstić information content (AvgIpc) is 3.06. The van der Waals surface area contributed by atoms with E-state index in [1.807, 2.05) is 30.3 Å². The van der Waals surface area contributed by atoms with Gasteiger partial charge in [-0.15, -0.1) is 0 Å². The van der Waals surface area contributed by atoms with Gasteiger partial charge in [0.05, 0.1) is 18.5 Å². The highest BCUT2D eigenvalue weighted by Gasteiger charge is 2.16. The SMILES string of the molecule is O=S(=O)(Cc1ccc(F)cc1F)NCc1ncc(-c2ccccc2)o1. The minimum absolute atomic E-state index is 0.119. The van der Waals surface area contributed by atoms with Crippen LogP contribution in [0.2, 0.25) is 0 Å². The first kappa shape index (κ1) is 17.2. The molecule has 130 valence electrons. The fourth-order valence-corrected chi connectivity index (χ4v) is 3.28. The predicted molar refractivity (Wildman–Crippen MR) is 87.8 cm³/mol. The summed E-state index contributed by atoms with van der Waals surface area (Å²) in [7, 11) is -3.84. The second-order valence-corrected chi connectivity index (χ2v) is 7.11. The summed E-state index contributed by atoms with van der Waals surface area (Å²) in [5.74, 6) is -1.58. The monoisotopic (exact) mass is 364 g/mol. The van der Waals surface area contributed by atoms with E-state index in [4.69, 9.17) is 4.42 Å². The first-order chi connectivity index (χ1) is 11.9. The van der Waals surface area contributed by atoms with Crippen LogP contribution in [0.1, 0.15) is 11.5 Å². The molecular weight excluding hydrogens is 350 g/mol. The highest BCUT2D eigenvalue weighted by atomic mass is 32.2. The van der Waals surface area contributed by atoms with E-state index in [0.29, 0.717) is 11.8 Å². The topological polar surface area (TPSA) is 72.2 Å². The van der Waals surface area contributed by atoms with Crippen molar-refractivity contribution in [2.24, 2.45) is 0 Å². The molecule has 0 bridgehead atoms. The van der Waals surface area contributed by atoms with E-state index in [2.05, 4.69) is 9.71 Å². The molecule has 0 unspecified atom stereocenters. The standard InChI is InChI=1S/C17H14F2N2O3S/c18-14-7-6-13(15(19)8-14)11-25(22,23)21-10-17-20-9-16(24-17)12-4-2-1-3-5-12/h1-9,21H,10-11H2. The van der Waals surface area contributed by atoms with Crippen LogP contribution in [-0.2, 0) is 22.3 Å².